The second-order valence-corrected chi connectivity index (χ2v) is 4.47. The molecular weight excluding hydrogens is 346 g/mol. The Hall–Kier alpha value is -0.950. The largest absolute Gasteiger partial charge is 0.462 e. The predicted octanol–water partition coefficient (Wildman–Crippen LogP) is 3.30. The predicted molar refractivity (Wildman–Crippen MR) is 64.5 cm³/mol. The minimum absolute atomic E-state index is 0.136. The van der Waals surface area contributed by atoms with Gasteiger partial charge < -0.3 is 4.74 Å². The number of rotatable bonds is 3. The summed E-state index contributed by atoms with van der Waals surface area (Å²) >= 11 is 6.19. The molecule has 1 aromatic carbocycles. The maximum atomic E-state index is 11.5. The number of nitro benzene ring substituents is 1. The molecule has 0 aliphatic heterocycles. The van der Waals surface area contributed by atoms with Crippen molar-refractivity contribution < 1.29 is 14.5 Å². The molecule has 0 radical (unpaired) electrons. The van der Waals surface area contributed by atoms with Crippen molar-refractivity contribution in [1.82, 2.24) is 0 Å². The molecular formula is C9H7Br2NO4. The van der Waals surface area contributed by atoms with E-state index in [9.17, 15) is 14.9 Å². The van der Waals surface area contributed by atoms with Gasteiger partial charge in [0.05, 0.1) is 21.6 Å². The van der Waals surface area contributed by atoms with E-state index in [4.69, 9.17) is 4.74 Å². The van der Waals surface area contributed by atoms with E-state index < -0.39 is 10.9 Å². The average molecular weight is 353 g/mol. The fourth-order valence-electron chi connectivity index (χ4n) is 1.04. The highest BCUT2D eigenvalue weighted by molar-refractivity contribution is 9.11. The van der Waals surface area contributed by atoms with Crippen molar-refractivity contribution in [2.75, 3.05) is 6.61 Å². The molecule has 0 aliphatic carbocycles. The van der Waals surface area contributed by atoms with Gasteiger partial charge in [0, 0.05) is 10.5 Å². The molecule has 0 saturated carbocycles. The lowest BCUT2D eigenvalue weighted by Crippen LogP contribution is -2.06. The van der Waals surface area contributed by atoms with E-state index in [-0.39, 0.29) is 17.9 Å². The van der Waals surface area contributed by atoms with Crippen LogP contribution in [0.5, 0.6) is 0 Å². The second kappa shape index (κ2) is 5.40. The summed E-state index contributed by atoms with van der Waals surface area (Å²) in [6, 6.07) is 2.62. The van der Waals surface area contributed by atoms with Gasteiger partial charge in [-0.1, -0.05) is 0 Å². The number of nitrogens with zero attached hydrogens (tertiary/aromatic N) is 1. The lowest BCUT2D eigenvalue weighted by Gasteiger charge is -2.05. The third kappa shape index (κ3) is 2.79. The minimum Gasteiger partial charge on any atom is -0.462 e. The lowest BCUT2D eigenvalue weighted by atomic mass is 10.2. The maximum absolute atomic E-state index is 11.5. The average Bonchev–Trinajstić information content (AvgIpc) is 2.17. The minimum atomic E-state index is -0.593. The first-order chi connectivity index (χ1) is 7.47. The van der Waals surface area contributed by atoms with E-state index in [0.717, 1.165) is 0 Å². The first kappa shape index (κ1) is 13.1. The molecule has 0 bridgehead atoms. The van der Waals surface area contributed by atoms with Crippen LogP contribution in [0, 0.1) is 10.1 Å². The molecule has 16 heavy (non-hydrogen) atoms. The van der Waals surface area contributed by atoms with Crippen LogP contribution in [-0.2, 0) is 4.74 Å². The summed E-state index contributed by atoms with van der Waals surface area (Å²) in [6.07, 6.45) is 0. The zero-order valence-electron chi connectivity index (χ0n) is 8.20. The molecule has 0 unspecified atom stereocenters. The van der Waals surface area contributed by atoms with Gasteiger partial charge in [-0.2, -0.15) is 0 Å². The summed E-state index contributed by atoms with van der Waals surface area (Å²) in [5, 5.41) is 10.7. The van der Waals surface area contributed by atoms with Gasteiger partial charge >= 0.3 is 5.97 Å². The number of ether oxygens (including phenoxy) is 1. The smallest absolute Gasteiger partial charge is 0.339 e. The normalized spacial score (nSPS) is 9.94. The molecule has 0 heterocycles. The van der Waals surface area contributed by atoms with E-state index in [0.29, 0.717) is 8.95 Å². The van der Waals surface area contributed by atoms with Crippen LogP contribution in [0.15, 0.2) is 21.1 Å². The number of nitro groups is 1. The van der Waals surface area contributed by atoms with Gasteiger partial charge in [0.15, 0.2) is 0 Å². The van der Waals surface area contributed by atoms with Crippen LogP contribution in [-0.4, -0.2) is 17.5 Å². The van der Waals surface area contributed by atoms with Crippen LogP contribution < -0.4 is 0 Å². The first-order valence-electron chi connectivity index (χ1n) is 4.28. The topological polar surface area (TPSA) is 69.4 Å². The number of esters is 1. The monoisotopic (exact) mass is 351 g/mol. The van der Waals surface area contributed by atoms with Gasteiger partial charge in [-0.25, -0.2) is 4.79 Å². The molecule has 0 aromatic heterocycles. The van der Waals surface area contributed by atoms with Crippen LogP contribution in [0.1, 0.15) is 17.3 Å². The number of carbonyl (C=O) groups excluding carboxylic acids is 1. The van der Waals surface area contributed by atoms with Crippen LogP contribution in [0.2, 0.25) is 0 Å². The summed E-state index contributed by atoms with van der Waals surface area (Å²) < 4.78 is 5.53. The van der Waals surface area contributed by atoms with Crippen molar-refractivity contribution in [2.45, 2.75) is 6.92 Å². The number of hydrogen-bond donors (Lipinski definition) is 0. The Balaban J connectivity index is 3.24. The van der Waals surface area contributed by atoms with Gasteiger partial charge in [0.1, 0.15) is 0 Å². The van der Waals surface area contributed by atoms with Crippen LogP contribution >= 0.6 is 31.9 Å². The molecule has 7 heteroatoms. The zero-order chi connectivity index (χ0) is 12.3. The van der Waals surface area contributed by atoms with Crippen molar-refractivity contribution in [3.8, 4) is 0 Å². The van der Waals surface area contributed by atoms with Gasteiger partial charge in [0.25, 0.3) is 5.69 Å². The molecule has 0 atom stereocenters. The van der Waals surface area contributed by atoms with Gasteiger partial charge in [0.2, 0.25) is 0 Å². The third-order valence-corrected chi connectivity index (χ3v) is 3.02. The number of hydrogen-bond acceptors (Lipinski definition) is 4. The Kier molecular flexibility index (Phi) is 4.43. The Bertz CT molecular complexity index is 447. The maximum Gasteiger partial charge on any atom is 0.339 e. The quantitative estimate of drug-likeness (QED) is 0.475. The molecule has 1 rings (SSSR count). The van der Waals surface area contributed by atoms with Crippen LogP contribution in [0.25, 0.3) is 0 Å². The van der Waals surface area contributed by atoms with Crippen molar-refractivity contribution in [3.63, 3.8) is 0 Å². The molecule has 1 aromatic rings. The van der Waals surface area contributed by atoms with E-state index in [1.807, 2.05) is 0 Å². The number of benzene rings is 1. The van der Waals surface area contributed by atoms with E-state index in [1.54, 1.807) is 6.92 Å². The number of carbonyl (C=O) groups is 1. The third-order valence-electron chi connectivity index (χ3n) is 1.73. The zero-order valence-corrected chi connectivity index (χ0v) is 11.4. The fraction of sp³-hybridized carbons (Fsp3) is 0.222. The molecule has 86 valence electrons. The van der Waals surface area contributed by atoms with Crippen molar-refractivity contribution in [1.29, 1.82) is 0 Å². The molecule has 0 aliphatic rings. The Morgan fingerprint density at radius 1 is 1.44 bits per heavy atom. The molecule has 5 nitrogen and oxygen atoms in total. The Morgan fingerprint density at radius 2 is 2.06 bits per heavy atom. The number of halogens is 2. The Labute approximate surface area is 108 Å². The Morgan fingerprint density at radius 3 is 2.56 bits per heavy atom. The summed E-state index contributed by atoms with van der Waals surface area (Å²) in [5.41, 5.74) is -0.0389. The lowest BCUT2D eigenvalue weighted by molar-refractivity contribution is -0.385. The summed E-state index contributed by atoms with van der Waals surface area (Å²) in [7, 11) is 0. The summed E-state index contributed by atoms with van der Waals surface area (Å²) in [6.45, 7) is 1.88. The van der Waals surface area contributed by atoms with Crippen molar-refractivity contribution >= 4 is 43.5 Å². The van der Waals surface area contributed by atoms with Crippen molar-refractivity contribution in [2.24, 2.45) is 0 Å². The molecule has 0 N–H and O–H groups in total. The molecule has 0 fully saturated rings. The van der Waals surface area contributed by atoms with E-state index in [2.05, 4.69) is 31.9 Å². The standard InChI is InChI=1S/C9H7Br2NO4/c1-2-16-9(13)5-3-8(12(14)15)7(11)4-6(5)10/h3-4H,2H2,1H3. The van der Waals surface area contributed by atoms with Gasteiger partial charge in [-0.15, -0.1) is 0 Å². The second-order valence-electron chi connectivity index (χ2n) is 2.76. The highest BCUT2D eigenvalue weighted by Crippen LogP contribution is 2.31. The highest BCUT2D eigenvalue weighted by Gasteiger charge is 2.20. The molecule has 0 saturated heterocycles. The van der Waals surface area contributed by atoms with E-state index in [1.165, 1.54) is 12.1 Å². The highest BCUT2D eigenvalue weighted by atomic mass is 79.9. The van der Waals surface area contributed by atoms with Gasteiger partial charge in [-0.05, 0) is 44.8 Å². The molecule has 0 amide bonds. The van der Waals surface area contributed by atoms with Crippen molar-refractivity contribution in [3.05, 3.63) is 36.8 Å². The van der Waals surface area contributed by atoms with Crippen LogP contribution in [0.4, 0.5) is 5.69 Å². The first-order valence-corrected chi connectivity index (χ1v) is 5.86. The van der Waals surface area contributed by atoms with Gasteiger partial charge in [-0.3, -0.25) is 10.1 Å². The fourth-order valence-corrected chi connectivity index (χ4v) is 2.34. The summed E-state index contributed by atoms with van der Waals surface area (Å²) in [4.78, 5) is 21.6. The molecule has 0 spiro atoms. The summed E-state index contributed by atoms with van der Waals surface area (Å²) in [5.74, 6) is -0.593. The van der Waals surface area contributed by atoms with E-state index >= 15 is 0 Å². The van der Waals surface area contributed by atoms with Crippen LogP contribution in [0.3, 0.4) is 0 Å². The SMILES string of the molecule is CCOC(=O)c1cc([N+](=O)[O-])c(Br)cc1Br.